The molecule has 0 aromatic carbocycles. The van der Waals surface area contributed by atoms with Gasteiger partial charge >= 0.3 is 0 Å². The number of hydrogen-bond donors (Lipinski definition) is 1. The fourth-order valence-corrected chi connectivity index (χ4v) is 6.05. The average Bonchev–Trinajstić information content (AvgIpc) is 2.96. The number of nitrogens with one attached hydrogen (secondary N) is 1. The minimum atomic E-state index is -3.16. The molecule has 1 amide bonds. The van der Waals surface area contributed by atoms with Crippen LogP contribution in [0.2, 0.25) is 0 Å². The van der Waals surface area contributed by atoms with Crippen LogP contribution in [0.4, 0.5) is 0 Å². The summed E-state index contributed by atoms with van der Waals surface area (Å²) in [5.41, 5.74) is 0.775. The zero-order valence-electron chi connectivity index (χ0n) is 14.4. The summed E-state index contributed by atoms with van der Waals surface area (Å²) in [6.07, 6.45) is 6.72. The van der Waals surface area contributed by atoms with Crippen LogP contribution in [-0.4, -0.2) is 50.6 Å². The van der Waals surface area contributed by atoms with Crippen molar-refractivity contribution in [2.24, 2.45) is 0 Å². The molecule has 138 valence electrons. The number of nitrogens with zero attached hydrogens (tertiary/aromatic N) is 1. The van der Waals surface area contributed by atoms with Crippen molar-refractivity contribution in [3.05, 3.63) is 21.4 Å². The van der Waals surface area contributed by atoms with Crippen LogP contribution in [0.15, 0.2) is 6.07 Å². The molecule has 1 aromatic heterocycles. The molecule has 0 unspecified atom stereocenters. The third kappa shape index (κ3) is 3.25. The second-order valence-corrected chi connectivity index (χ2v) is 10.4. The number of rotatable bonds is 3. The molecule has 0 radical (unpaired) electrons. The van der Waals surface area contributed by atoms with Gasteiger partial charge in [0.15, 0.2) is 0 Å². The van der Waals surface area contributed by atoms with Crippen LogP contribution in [0, 0.1) is 0 Å². The number of amides is 1. The predicted octanol–water partition coefficient (Wildman–Crippen LogP) is 1.85. The van der Waals surface area contributed by atoms with Crippen LogP contribution in [0.1, 0.15) is 52.2 Å². The molecule has 25 heavy (non-hydrogen) atoms. The lowest BCUT2D eigenvalue weighted by Crippen LogP contribution is -2.47. The van der Waals surface area contributed by atoms with Gasteiger partial charge in [-0.25, -0.2) is 12.7 Å². The number of fused-ring (bicyclic) bond motifs is 2. The lowest BCUT2D eigenvalue weighted by Gasteiger charge is -2.42. The van der Waals surface area contributed by atoms with Gasteiger partial charge in [-0.2, -0.15) is 0 Å². The fourth-order valence-electron chi connectivity index (χ4n) is 3.89. The molecule has 8 heteroatoms. The molecule has 1 N–H and O–H groups in total. The van der Waals surface area contributed by atoms with E-state index in [4.69, 9.17) is 4.74 Å². The lowest BCUT2D eigenvalue weighted by atomic mass is 9.86. The quantitative estimate of drug-likeness (QED) is 0.863. The van der Waals surface area contributed by atoms with Crippen molar-refractivity contribution in [3.8, 4) is 0 Å². The van der Waals surface area contributed by atoms with Gasteiger partial charge in [0.2, 0.25) is 10.0 Å². The van der Waals surface area contributed by atoms with Crippen molar-refractivity contribution in [1.82, 2.24) is 9.62 Å². The van der Waals surface area contributed by atoms with E-state index in [0.29, 0.717) is 38.6 Å². The maximum atomic E-state index is 12.5. The van der Waals surface area contributed by atoms with Crippen LogP contribution in [0.5, 0.6) is 0 Å². The highest BCUT2D eigenvalue weighted by Gasteiger charge is 2.44. The van der Waals surface area contributed by atoms with Crippen molar-refractivity contribution >= 4 is 27.3 Å². The summed E-state index contributed by atoms with van der Waals surface area (Å²) < 4.78 is 31.2. The standard InChI is InChI=1S/C17H24N2O4S2/c1-25(21,22)19-8-6-17(7-9-19)15-12(5-10-23-17)11-14(24-15)16(20)18-13-3-2-4-13/h11,13H,2-10H2,1H3,(H,18,20). The van der Waals surface area contributed by atoms with Gasteiger partial charge in [0, 0.05) is 24.0 Å². The van der Waals surface area contributed by atoms with Crippen LogP contribution >= 0.6 is 11.3 Å². The highest BCUT2D eigenvalue weighted by atomic mass is 32.2. The molecule has 3 heterocycles. The van der Waals surface area contributed by atoms with E-state index in [-0.39, 0.29) is 5.91 Å². The van der Waals surface area contributed by atoms with E-state index in [9.17, 15) is 13.2 Å². The van der Waals surface area contributed by atoms with Gasteiger partial charge in [0.1, 0.15) is 5.60 Å². The van der Waals surface area contributed by atoms with E-state index in [2.05, 4.69) is 5.32 Å². The first-order valence-electron chi connectivity index (χ1n) is 8.90. The second kappa shape index (κ2) is 6.33. The Kier molecular flexibility index (Phi) is 4.42. The van der Waals surface area contributed by atoms with E-state index >= 15 is 0 Å². The molecular formula is C17H24N2O4S2. The minimum absolute atomic E-state index is 0.0211. The normalized spacial score (nSPS) is 23.9. The largest absolute Gasteiger partial charge is 0.369 e. The number of ether oxygens (including phenoxy) is 1. The molecule has 1 aromatic rings. The van der Waals surface area contributed by atoms with E-state index < -0.39 is 15.6 Å². The molecule has 4 rings (SSSR count). The number of carbonyl (C=O) groups is 1. The number of sulfonamides is 1. The van der Waals surface area contributed by atoms with Gasteiger partial charge in [-0.1, -0.05) is 0 Å². The van der Waals surface area contributed by atoms with Crippen LogP contribution < -0.4 is 5.32 Å². The summed E-state index contributed by atoms with van der Waals surface area (Å²) in [5.74, 6) is 0.0211. The van der Waals surface area contributed by atoms with Gasteiger partial charge in [0.25, 0.3) is 5.91 Å². The van der Waals surface area contributed by atoms with Gasteiger partial charge in [-0.05, 0) is 50.2 Å². The first-order chi connectivity index (χ1) is 11.9. The van der Waals surface area contributed by atoms with Crippen LogP contribution in [-0.2, 0) is 26.8 Å². The Morgan fingerprint density at radius 2 is 2.08 bits per heavy atom. The Morgan fingerprint density at radius 3 is 2.68 bits per heavy atom. The monoisotopic (exact) mass is 384 g/mol. The Balaban J connectivity index is 1.55. The first-order valence-corrected chi connectivity index (χ1v) is 11.6. The summed E-state index contributed by atoms with van der Waals surface area (Å²) in [7, 11) is -3.16. The summed E-state index contributed by atoms with van der Waals surface area (Å²) in [4.78, 5) is 14.4. The fraction of sp³-hybridized carbons (Fsp3) is 0.706. The first kappa shape index (κ1) is 17.5. The van der Waals surface area contributed by atoms with Crippen molar-refractivity contribution in [1.29, 1.82) is 0 Å². The van der Waals surface area contributed by atoms with E-state index in [0.717, 1.165) is 29.0 Å². The lowest BCUT2D eigenvalue weighted by molar-refractivity contribution is -0.0861. The zero-order chi connectivity index (χ0) is 17.7. The highest BCUT2D eigenvalue weighted by molar-refractivity contribution is 7.88. The molecule has 2 fully saturated rings. The molecule has 2 aliphatic heterocycles. The molecule has 1 aliphatic carbocycles. The van der Waals surface area contributed by atoms with Gasteiger partial charge in [-0.3, -0.25) is 4.79 Å². The SMILES string of the molecule is CS(=O)(=O)N1CCC2(CC1)OCCc1cc(C(=O)NC3CCC3)sc12. The molecule has 3 aliphatic rings. The molecule has 6 nitrogen and oxygen atoms in total. The van der Waals surface area contributed by atoms with E-state index in [1.807, 2.05) is 6.07 Å². The topological polar surface area (TPSA) is 75.7 Å². The predicted molar refractivity (Wildman–Crippen MR) is 96.4 cm³/mol. The van der Waals surface area contributed by atoms with Crippen LogP contribution in [0.3, 0.4) is 0 Å². The molecule has 1 spiro atoms. The van der Waals surface area contributed by atoms with Crippen molar-refractivity contribution in [3.63, 3.8) is 0 Å². The minimum Gasteiger partial charge on any atom is -0.369 e. The van der Waals surface area contributed by atoms with Crippen molar-refractivity contribution < 1.29 is 17.9 Å². The summed E-state index contributed by atoms with van der Waals surface area (Å²) in [5, 5.41) is 3.10. The van der Waals surface area contributed by atoms with Gasteiger partial charge in [0.05, 0.1) is 17.7 Å². The smallest absolute Gasteiger partial charge is 0.261 e. The molecule has 0 atom stereocenters. The summed E-state index contributed by atoms with van der Waals surface area (Å²) in [6.45, 7) is 1.58. The number of thiophene rings is 1. The second-order valence-electron chi connectivity index (χ2n) is 7.32. The highest BCUT2D eigenvalue weighted by Crippen LogP contribution is 2.45. The molecule has 0 bridgehead atoms. The third-order valence-electron chi connectivity index (χ3n) is 5.64. The van der Waals surface area contributed by atoms with E-state index in [1.54, 1.807) is 0 Å². The van der Waals surface area contributed by atoms with Crippen LogP contribution in [0.25, 0.3) is 0 Å². The van der Waals surface area contributed by atoms with E-state index in [1.165, 1.54) is 33.9 Å². The zero-order valence-corrected chi connectivity index (χ0v) is 16.0. The maximum absolute atomic E-state index is 12.5. The number of piperidine rings is 1. The number of carbonyl (C=O) groups excluding carboxylic acids is 1. The molecule has 1 saturated carbocycles. The Hall–Kier alpha value is -0.960. The molecular weight excluding hydrogens is 360 g/mol. The summed E-state index contributed by atoms with van der Waals surface area (Å²) in [6, 6.07) is 2.34. The Bertz CT molecular complexity index is 775. The van der Waals surface area contributed by atoms with Crippen molar-refractivity contribution in [2.45, 2.75) is 50.2 Å². The average molecular weight is 385 g/mol. The Labute approximate surface area is 152 Å². The van der Waals surface area contributed by atoms with Gasteiger partial charge < -0.3 is 10.1 Å². The molecule has 1 saturated heterocycles. The third-order valence-corrected chi connectivity index (χ3v) is 8.30. The van der Waals surface area contributed by atoms with Gasteiger partial charge in [-0.15, -0.1) is 11.3 Å². The number of hydrogen-bond acceptors (Lipinski definition) is 5. The van der Waals surface area contributed by atoms with Crippen molar-refractivity contribution in [2.75, 3.05) is 26.0 Å². The maximum Gasteiger partial charge on any atom is 0.261 e. The Morgan fingerprint density at radius 1 is 1.36 bits per heavy atom. The summed E-state index contributed by atoms with van der Waals surface area (Å²) >= 11 is 1.53.